The molecule has 1 N–H and O–H groups in total. The van der Waals surface area contributed by atoms with Crippen LogP contribution in [0.2, 0.25) is 5.02 Å². The van der Waals surface area contributed by atoms with E-state index in [0.29, 0.717) is 56.4 Å². The quantitative estimate of drug-likeness (QED) is 0.386. The fourth-order valence-electron chi connectivity index (χ4n) is 5.67. The van der Waals surface area contributed by atoms with Gasteiger partial charge in [0.05, 0.1) is 35.2 Å². The standard InChI is InChI=1S/C31H37ClF3N7O5/c1-6-23-25(40-12-11-39(16-18(40)2)29(45)47-30(3,4)5)27(44)42-28(37-26(38-42)19-9-13-46-14-10-19)41(23)17-24(43)36-22-8-7-20(15-21(22)32)31(33,34)35/h7-9,15,18H,6,10-14,16-17H2,1-5H3,(H,36,43)/t18-/m1/s1. The van der Waals surface area contributed by atoms with Crippen LogP contribution in [-0.2, 0) is 33.4 Å². The van der Waals surface area contributed by atoms with Crippen molar-refractivity contribution in [3.05, 3.63) is 56.7 Å². The Hall–Kier alpha value is -4.11. The van der Waals surface area contributed by atoms with E-state index < -0.39 is 34.9 Å². The van der Waals surface area contributed by atoms with E-state index in [4.69, 9.17) is 21.1 Å². The zero-order chi connectivity index (χ0) is 34.3. The molecule has 254 valence electrons. The molecule has 12 nitrogen and oxygen atoms in total. The number of alkyl halides is 3. The third-order valence-corrected chi connectivity index (χ3v) is 8.16. The summed E-state index contributed by atoms with van der Waals surface area (Å²) in [6.45, 7) is 10.5. The van der Waals surface area contributed by atoms with Crippen molar-refractivity contribution in [2.75, 3.05) is 43.1 Å². The summed E-state index contributed by atoms with van der Waals surface area (Å²) in [5.74, 6) is -0.144. The minimum absolute atomic E-state index is 0.00130. The van der Waals surface area contributed by atoms with Crippen LogP contribution in [0.25, 0.3) is 11.4 Å². The number of carbonyl (C=O) groups excluding carboxylic acids is 2. The van der Waals surface area contributed by atoms with E-state index in [1.165, 1.54) is 4.52 Å². The number of fused-ring (bicyclic) bond motifs is 1. The SMILES string of the molecule is CCc1c(N2CCN(C(=O)OC(C)(C)C)C[C@H]2C)c(=O)n2nc(C3=CCOCC3)nc2n1CC(=O)Nc1ccc(C(F)(F)F)cc1Cl. The minimum atomic E-state index is -4.60. The van der Waals surface area contributed by atoms with Crippen LogP contribution in [0.5, 0.6) is 0 Å². The number of piperazine rings is 1. The third-order valence-electron chi connectivity index (χ3n) is 7.85. The summed E-state index contributed by atoms with van der Waals surface area (Å²) < 4.78 is 53.2. The first-order chi connectivity index (χ1) is 22.1. The molecule has 3 aromatic rings. The first kappa shape index (κ1) is 34.2. The van der Waals surface area contributed by atoms with Crippen LogP contribution in [-0.4, -0.2) is 80.6 Å². The Labute approximate surface area is 274 Å². The number of hydrogen-bond acceptors (Lipinski definition) is 8. The van der Waals surface area contributed by atoms with Gasteiger partial charge >= 0.3 is 12.3 Å². The molecule has 4 heterocycles. The molecule has 1 saturated heterocycles. The van der Waals surface area contributed by atoms with Gasteiger partial charge in [0.2, 0.25) is 11.7 Å². The van der Waals surface area contributed by atoms with Gasteiger partial charge in [0.25, 0.3) is 5.56 Å². The lowest BCUT2D eigenvalue weighted by atomic mass is 10.1. The molecular formula is C31H37ClF3N7O5. The largest absolute Gasteiger partial charge is 0.444 e. The van der Waals surface area contributed by atoms with Crippen LogP contribution in [0.1, 0.15) is 58.1 Å². The molecule has 2 aromatic heterocycles. The summed E-state index contributed by atoms with van der Waals surface area (Å²) in [4.78, 5) is 48.6. The minimum Gasteiger partial charge on any atom is -0.444 e. The van der Waals surface area contributed by atoms with Gasteiger partial charge in [-0.25, -0.2) is 4.79 Å². The summed E-state index contributed by atoms with van der Waals surface area (Å²) in [6, 6.07) is 2.37. The van der Waals surface area contributed by atoms with Crippen LogP contribution in [0, 0.1) is 0 Å². The van der Waals surface area contributed by atoms with Crippen LogP contribution in [0.4, 0.5) is 29.3 Å². The lowest BCUT2D eigenvalue weighted by Crippen LogP contribution is -2.56. The molecule has 1 aromatic carbocycles. The molecule has 2 amide bonds. The second-order valence-corrected chi connectivity index (χ2v) is 12.9. The van der Waals surface area contributed by atoms with Gasteiger partial charge < -0.3 is 29.2 Å². The lowest BCUT2D eigenvalue weighted by Gasteiger charge is -2.41. The maximum absolute atomic E-state index is 14.2. The van der Waals surface area contributed by atoms with E-state index in [9.17, 15) is 27.6 Å². The van der Waals surface area contributed by atoms with Crippen LogP contribution in [0.15, 0.2) is 29.1 Å². The number of amides is 2. The number of hydrogen-bond donors (Lipinski definition) is 1. The second-order valence-electron chi connectivity index (χ2n) is 12.5. The summed E-state index contributed by atoms with van der Waals surface area (Å²) in [6.07, 6.45) is -2.34. The predicted molar refractivity (Wildman–Crippen MR) is 170 cm³/mol. The summed E-state index contributed by atoms with van der Waals surface area (Å²) in [5, 5.41) is 6.87. The van der Waals surface area contributed by atoms with Gasteiger partial charge in [-0.3, -0.25) is 9.59 Å². The molecule has 0 bridgehead atoms. The van der Waals surface area contributed by atoms with Crippen molar-refractivity contribution in [1.29, 1.82) is 0 Å². The van der Waals surface area contributed by atoms with Crippen molar-refractivity contribution in [3.63, 3.8) is 0 Å². The molecule has 5 rings (SSSR count). The molecular weight excluding hydrogens is 643 g/mol. The van der Waals surface area contributed by atoms with Crippen molar-refractivity contribution in [2.45, 2.75) is 71.8 Å². The fraction of sp³-hybridized carbons (Fsp3) is 0.516. The lowest BCUT2D eigenvalue weighted by molar-refractivity contribution is -0.137. The highest BCUT2D eigenvalue weighted by atomic mass is 35.5. The number of rotatable bonds is 6. The molecule has 0 aliphatic carbocycles. The average molecular weight is 680 g/mol. The Balaban J connectivity index is 1.54. The van der Waals surface area contributed by atoms with Crippen LogP contribution < -0.4 is 15.8 Å². The molecule has 2 aliphatic rings. The highest BCUT2D eigenvalue weighted by molar-refractivity contribution is 6.33. The highest BCUT2D eigenvalue weighted by Crippen LogP contribution is 2.34. The highest BCUT2D eigenvalue weighted by Gasteiger charge is 2.34. The Kier molecular flexibility index (Phi) is 9.60. The summed E-state index contributed by atoms with van der Waals surface area (Å²) in [5.41, 5.74) is -0.417. The van der Waals surface area contributed by atoms with E-state index >= 15 is 0 Å². The number of benzene rings is 1. The molecule has 0 saturated carbocycles. The first-order valence-electron chi connectivity index (χ1n) is 15.3. The normalized spacial score (nSPS) is 17.6. The molecule has 2 aliphatic heterocycles. The summed E-state index contributed by atoms with van der Waals surface area (Å²) >= 11 is 6.11. The van der Waals surface area contributed by atoms with Crippen molar-refractivity contribution in [2.24, 2.45) is 0 Å². The maximum atomic E-state index is 14.2. The van der Waals surface area contributed by atoms with E-state index in [-0.39, 0.29) is 35.6 Å². The van der Waals surface area contributed by atoms with Gasteiger partial charge in [-0.1, -0.05) is 24.6 Å². The van der Waals surface area contributed by atoms with Gasteiger partial charge in [-0.2, -0.15) is 22.7 Å². The molecule has 0 unspecified atom stereocenters. The zero-order valence-electron chi connectivity index (χ0n) is 26.8. The van der Waals surface area contributed by atoms with E-state index in [1.807, 2.05) is 24.8 Å². The van der Waals surface area contributed by atoms with Crippen molar-refractivity contribution < 1.29 is 32.2 Å². The Morgan fingerprint density at radius 1 is 1.19 bits per heavy atom. The van der Waals surface area contributed by atoms with Gasteiger partial charge in [-0.15, -0.1) is 5.10 Å². The van der Waals surface area contributed by atoms with Gasteiger partial charge in [0.15, 0.2) is 5.82 Å². The molecule has 1 atom stereocenters. The molecule has 0 radical (unpaired) electrons. The Bertz CT molecular complexity index is 1780. The predicted octanol–water partition coefficient (Wildman–Crippen LogP) is 5.01. The Morgan fingerprint density at radius 3 is 2.53 bits per heavy atom. The number of nitrogens with zero attached hydrogens (tertiary/aromatic N) is 6. The number of carbonyl (C=O) groups is 2. The number of aromatic nitrogens is 4. The number of nitrogens with one attached hydrogen (secondary N) is 1. The Morgan fingerprint density at radius 2 is 1.94 bits per heavy atom. The first-order valence-corrected chi connectivity index (χ1v) is 15.7. The monoisotopic (exact) mass is 679 g/mol. The van der Waals surface area contributed by atoms with E-state index in [1.54, 1.807) is 30.2 Å². The fourth-order valence-corrected chi connectivity index (χ4v) is 5.90. The molecule has 16 heteroatoms. The van der Waals surface area contributed by atoms with Crippen molar-refractivity contribution >= 4 is 46.3 Å². The second kappa shape index (κ2) is 13.2. The number of anilines is 2. The molecule has 0 spiro atoms. The molecule has 47 heavy (non-hydrogen) atoms. The number of halogens is 4. The van der Waals surface area contributed by atoms with Crippen LogP contribution in [0.3, 0.4) is 0 Å². The summed E-state index contributed by atoms with van der Waals surface area (Å²) in [7, 11) is 0. The van der Waals surface area contributed by atoms with Gasteiger partial charge in [0.1, 0.15) is 17.8 Å². The van der Waals surface area contributed by atoms with E-state index in [2.05, 4.69) is 15.4 Å². The maximum Gasteiger partial charge on any atom is 0.416 e. The smallest absolute Gasteiger partial charge is 0.416 e. The van der Waals surface area contributed by atoms with Crippen molar-refractivity contribution in [1.82, 2.24) is 24.1 Å². The van der Waals surface area contributed by atoms with Crippen LogP contribution >= 0.6 is 11.6 Å². The van der Waals surface area contributed by atoms with E-state index in [0.717, 1.165) is 23.8 Å². The third kappa shape index (κ3) is 7.40. The number of ether oxygens (including phenoxy) is 2. The average Bonchev–Trinajstić information content (AvgIpc) is 3.45. The van der Waals surface area contributed by atoms with Gasteiger partial charge in [-0.05, 0) is 64.3 Å². The van der Waals surface area contributed by atoms with Crippen molar-refractivity contribution in [3.8, 4) is 0 Å². The topological polar surface area (TPSA) is 123 Å². The zero-order valence-corrected chi connectivity index (χ0v) is 27.5. The molecule has 1 fully saturated rings. The van der Waals surface area contributed by atoms with Gasteiger partial charge in [0, 0.05) is 25.7 Å².